The average molecular weight is 211 g/mol. The second-order valence-corrected chi connectivity index (χ2v) is 5.05. The predicted molar refractivity (Wildman–Crippen MR) is 58.6 cm³/mol. The fourth-order valence-electron chi connectivity index (χ4n) is 3.08. The SMILES string of the molecule is O=CCCN1CCC2(O)CCCCC2C1. The number of carbonyl (C=O) groups is 1. The smallest absolute Gasteiger partial charge is 0.121 e. The van der Waals surface area contributed by atoms with Gasteiger partial charge in [-0.2, -0.15) is 0 Å². The number of nitrogens with zero attached hydrogens (tertiary/aromatic N) is 1. The second kappa shape index (κ2) is 4.62. The first-order valence-corrected chi connectivity index (χ1v) is 6.13. The first kappa shape index (κ1) is 11.1. The molecular weight excluding hydrogens is 190 g/mol. The van der Waals surface area contributed by atoms with Crippen LogP contribution in [-0.4, -0.2) is 41.5 Å². The molecule has 1 saturated heterocycles. The van der Waals surface area contributed by atoms with Crippen LogP contribution < -0.4 is 0 Å². The van der Waals surface area contributed by atoms with Gasteiger partial charge in [0.15, 0.2) is 0 Å². The van der Waals surface area contributed by atoms with Gasteiger partial charge >= 0.3 is 0 Å². The third-order valence-corrected chi connectivity index (χ3v) is 4.07. The first-order valence-electron chi connectivity index (χ1n) is 6.13. The molecular formula is C12H21NO2. The molecule has 0 bridgehead atoms. The van der Waals surface area contributed by atoms with Gasteiger partial charge in [0, 0.05) is 32.0 Å². The highest BCUT2D eigenvalue weighted by atomic mass is 16.3. The molecule has 1 N–H and O–H groups in total. The molecule has 1 aliphatic heterocycles. The maximum atomic E-state index is 10.4. The molecule has 1 heterocycles. The van der Waals surface area contributed by atoms with E-state index in [4.69, 9.17) is 0 Å². The standard InChI is InChI=1S/C12H21NO2/c14-9-3-7-13-8-6-12(15)5-2-1-4-11(12)10-13/h9,11,15H,1-8,10H2. The maximum Gasteiger partial charge on any atom is 0.121 e. The number of carbonyl (C=O) groups excluding carboxylic acids is 1. The Kier molecular flexibility index (Phi) is 3.42. The van der Waals surface area contributed by atoms with Crippen LogP contribution in [0, 0.1) is 5.92 Å². The van der Waals surface area contributed by atoms with Gasteiger partial charge in [0.05, 0.1) is 5.60 Å². The van der Waals surface area contributed by atoms with Gasteiger partial charge in [0.2, 0.25) is 0 Å². The van der Waals surface area contributed by atoms with Crippen LogP contribution in [-0.2, 0) is 4.79 Å². The third-order valence-electron chi connectivity index (χ3n) is 4.07. The Labute approximate surface area is 91.5 Å². The Morgan fingerprint density at radius 2 is 2.27 bits per heavy atom. The van der Waals surface area contributed by atoms with Gasteiger partial charge < -0.3 is 14.8 Å². The van der Waals surface area contributed by atoms with Crippen LogP contribution in [0.15, 0.2) is 0 Å². The fraction of sp³-hybridized carbons (Fsp3) is 0.917. The largest absolute Gasteiger partial charge is 0.390 e. The summed E-state index contributed by atoms with van der Waals surface area (Å²) in [5.41, 5.74) is -0.379. The Morgan fingerprint density at radius 1 is 1.40 bits per heavy atom. The van der Waals surface area contributed by atoms with Gasteiger partial charge in [-0.05, 0) is 19.3 Å². The molecule has 2 unspecified atom stereocenters. The van der Waals surface area contributed by atoms with E-state index >= 15 is 0 Å². The van der Waals surface area contributed by atoms with Gasteiger partial charge in [-0.15, -0.1) is 0 Å². The zero-order valence-corrected chi connectivity index (χ0v) is 9.32. The van der Waals surface area contributed by atoms with Crippen LogP contribution >= 0.6 is 0 Å². The van der Waals surface area contributed by atoms with E-state index in [1.807, 2.05) is 0 Å². The number of rotatable bonds is 3. The van der Waals surface area contributed by atoms with Crippen molar-refractivity contribution in [3.8, 4) is 0 Å². The van der Waals surface area contributed by atoms with Crippen LogP contribution in [0.25, 0.3) is 0 Å². The predicted octanol–water partition coefficient (Wildman–Crippen LogP) is 1.20. The van der Waals surface area contributed by atoms with Crippen LogP contribution in [0.2, 0.25) is 0 Å². The van der Waals surface area contributed by atoms with E-state index in [0.29, 0.717) is 12.3 Å². The quantitative estimate of drug-likeness (QED) is 0.713. The molecule has 1 aliphatic carbocycles. The van der Waals surface area contributed by atoms with Crippen molar-refractivity contribution in [1.29, 1.82) is 0 Å². The van der Waals surface area contributed by atoms with Crippen LogP contribution in [0.4, 0.5) is 0 Å². The van der Waals surface area contributed by atoms with Crippen molar-refractivity contribution in [3.05, 3.63) is 0 Å². The van der Waals surface area contributed by atoms with Crippen molar-refractivity contribution < 1.29 is 9.90 Å². The third kappa shape index (κ3) is 2.40. The van der Waals surface area contributed by atoms with Crippen LogP contribution in [0.5, 0.6) is 0 Å². The molecule has 0 aromatic heterocycles. The highest BCUT2D eigenvalue weighted by Crippen LogP contribution is 2.39. The zero-order chi connectivity index (χ0) is 10.7. The minimum atomic E-state index is -0.379. The summed E-state index contributed by atoms with van der Waals surface area (Å²) >= 11 is 0. The highest BCUT2D eigenvalue weighted by molar-refractivity contribution is 5.49. The van der Waals surface area contributed by atoms with Gasteiger partial charge in [0.25, 0.3) is 0 Å². The van der Waals surface area contributed by atoms with E-state index in [2.05, 4.69) is 4.90 Å². The normalized spacial score (nSPS) is 37.3. The molecule has 2 atom stereocenters. The van der Waals surface area contributed by atoms with Crippen molar-refractivity contribution in [3.63, 3.8) is 0 Å². The Morgan fingerprint density at radius 3 is 3.07 bits per heavy atom. The highest BCUT2D eigenvalue weighted by Gasteiger charge is 2.42. The first-order chi connectivity index (χ1) is 7.24. The monoisotopic (exact) mass is 211 g/mol. The molecule has 15 heavy (non-hydrogen) atoms. The summed E-state index contributed by atoms with van der Waals surface area (Å²) in [6.45, 7) is 2.82. The lowest BCUT2D eigenvalue weighted by Crippen LogP contribution is -2.53. The zero-order valence-electron chi connectivity index (χ0n) is 9.32. The lowest BCUT2D eigenvalue weighted by atomic mass is 9.71. The summed E-state index contributed by atoms with van der Waals surface area (Å²) in [5.74, 6) is 0.451. The maximum absolute atomic E-state index is 10.4. The average Bonchev–Trinajstić information content (AvgIpc) is 2.26. The van der Waals surface area contributed by atoms with Crippen molar-refractivity contribution in [2.75, 3.05) is 19.6 Å². The summed E-state index contributed by atoms with van der Waals surface area (Å²) in [4.78, 5) is 12.6. The van der Waals surface area contributed by atoms with Crippen molar-refractivity contribution >= 4 is 6.29 Å². The van der Waals surface area contributed by atoms with Gasteiger partial charge in [0.1, 0.15) is 6.29 Å². The number of fused-ring (bicyclic) bond motifs is 1. The molecule has 3 heteroatoms. The fourth-order valence-corrected chi connectivity index (χ4v) is 3.08. The van der Waals surface area contributed by atoms with Crippen LogP contribution in [0.3, 0.4) is 0 Å². The minimum Gasteiger partial charge on any atom is -0.390 e. The number of aldehydes is 1. The molecule has 0 aromatic carbocycles. The summed E-state index contributed by atoms with van der Waals surface area (Å²) in [5, 5.41) is 10.4. The molecule has 0 aromatic rings. The van der Waals surface area contributed by atoms with Gasteiger partial charge in [-0.3, -0.25) is 0 Å². The number of hydrogen-bond donors (Lipinski definition) is 1. The summed E-state index contributed by atoms with van der Waals surface area (Å²) in [6, 6.07) is 0. The lowest BCUT2D eigenvalue weighted by molar-refractivity contribution is -0.110. The number of aliphatic hydroxyl groups is 1. The van der Waals surface area contributed by atoms with Gasteiger partial charge in [-0.25, -0.2) is 0 Å². The van der Waals surface area contributed by atoms with E-state index < -0.39 is 0 Å². The summed E-state index contributed by atoms with van der Waals surface area (Å²) in [7, 11) is 0. The number of likely N-dealkylation sites (tertiary alicyclic amines) is 1. The van der Waals surface area contributed by atoms with E-state index in [1.54, 1.807) is 0 Å². The molecule has 2 rings (SSSR count). The molecule has 2 fully saturated rings. The van der Waals surface area contributed by atoms with Crippen molar-refractivity contribution in [2.45, 2.75) is 44.1 Å². The van der Waals surface area contributed by atoms with E-state index in [0.717, 1.165) is 45.2 Å². The molecule has 3 nitrogen and oxygen atoms in total. The molecule has 0 radical (unpaired) electrons. The van der Waals surface area contributed by atoms with E-state index in [9.17, 15) is 9.90 Å². The van der Waals surface area contributed by atoms with E-state index in [1.165, 1.54) is 12.8 Å². The molecule has 2 aliphatic rings. The van der Waals surface area contributed by atoms with Crippen molar-refractivity contribution in [1.82, 2.24) is 4.90 Å². The topological polar surface area (TPSA) is 40.5 Å². The lowest BCUT2D eigenvalue weighted by Gasteiger charge is -2.47. The van der Waals surface area contributed by atoms with E-state index in [-0.39, 0.29) is 5.60 Å². The Balaban J connectivity index is 1.90. The molecule has 0 spiro atoms. The van der Waals surface area contributed by atoms with Gasteiger partial charge in [-0.1, -0.05) is 12.8 Å². The molecule has 86 valence electrons. The number of piperidine rings is 1. The Bertz CT molecular complexity index is 232. The minimum absolute atomic E-state index is 0.379. The van der Waals surface area contributed by atoms with Crippen LogP contribution in [0.1, 0.15) is 38.5 Å². The second-order valence-electron chi connectivity index (χ2n) is 5.05. The number of hydrogen-bond acceptors (Lipinski definition) is 3. The summed E-state index contributed by atoms with van der Waals surface area (Å²) < 4.78 is 0. The van der Waals surface area contributed by atoms with Crippen molar-refractivity contribution in [2.24, 2.45) is 5.92 Å². The molecule has 0 amide bonds. The molecule has 1 saturated carbocycles. The Hall–Kier alpha value is -0.410. The summed E-state index contributed by atoms with van der Waals surface area (Å²) in [6.07, 6.45) is 7.10.